The molecule has 164 valence electrons. The molecule has 0 spiro atoms. The molecule has 1 saturated heterocycles. The van der Waals surface area contributed by atoms with Crippen molar-refractivity contribution in [2.24, 2.45) is 0 Å². The van der Waals surface area contributed by atoms with Crippen LogP contribution in [0.1, 0.15) is 55.2 Å². The number of H-pyrrole nitrogens is 1. The lowest BCUT2D eigenvalue weighted by Crippen LogP contribution is -2.32. The molecule has 4 aromatic rings. The smallest absolute Gasteiger partial charge is 0.270 e. The van der Waals surface area contributed by atoms with E-state index in [1.807, 2.05) is 12.3 Å². The molecule has 3 aromatic heterocycles. The maximum Gasteiger partial charge on any atom is 0.270 e. The van der Waals surface area contributed by atoms with Crippen LogP contribution >= 0.6 is 0 Å². The number of fused-ring (bicyclic) bond motifs is 2. The topological polar surface area (TPSA) is 73.8 Å². The summed E-state index contributed by atoms with van der Waals surface area (Å²) < 4.78 is 1.76. The van der Waals surface area contributed by atoms with Crippen LogP contribution in [0, 0.1) is 6.57 Å². The van der Waals surface area contributed by atoms with E-state index in [2.05, 4.69) is 56.9 Å². The van der Waals surface area contributed by atoms with Crippen LogP contribution in [0.15, 0.2) is 36.8 Å². The number of aromatic amines is 1. The Morgan fingerprint density at radius 3 is 2.78 bits per heavy atom. The lowest BCUT2D eigenvalue weighted by molar-refractivity contribution is 0.232. The van der Waals surface area contributed by atoms with Gasteiger partial charge in [0.25, 0.3) is 6.67 Å². The summed E-state index contributed by atoms with van der Waals surface area (Å²) in [6.07, 6.45) is 5.67. The number of aliphatic hydroxyl groups excluding tert-OH is 1. The molecule has 0 saturated carbocycles. The van der Waals surface area contributed by atoms with Gasteiger partial charge in [0.15, 0.2) is 5.65 Å². The van der Waals surface area contributed by atoms with Crippen molar-refractivity contribution in [3.05, 3.63) is 64.9 Å². The van der Waals surface area contributed by atoms with Crippen molar-refractivity contribution in [2.45, 2.75) is 45.1 Å². The molecular formula is C25H28N6O. The average molecular weight is 429 g/mol. The third-order valence-corrected chi connectivity index (χ3v) is 6.71. The van der Waals surface area contributed by atoms with Gasteiger partial charge >= 0.3 is 0 Å². The zero-order valence-electron chi connectivity index (χ0n) is 18.5. The van der Waals surface area contributed by atoms with Gasteiger partial charge in [-0.2, -0.15) is 5.10 Å². The summed E-state index contributed by atoms with van der Waals surface area (Å²) in [5.41, 5.74) is 7.32. The second kappa shape index (κ2) is 8.38. The summed E-state index contributed by atoms with van der Waals surface area (Å²) in [6, 6.07) is 8.69. The van der Waals surface area contributed by atoms with Gasteiger partial charge in [-0.1, -0.05) is 19.9 Å². The first-order valence-corrected chi connectivity index (χ1v) is 11.2. The minimum absolute atomic E-state index is 0.0555. The Bertz CT molecular complexity index is 1300. The fourth-order valence-electron chi connectivity index (χ4n) is 5.06. The molecule has 1 aliphatic heterocycles. The Morgan fingerprint density at radius 1 is 1.25 bits per heavy atom. The highest BCUT2D eigenvalue weighted by atomic mass is 16.3. The number of hydrogen-bond donors (Lipinski definition) is 2. The lowest BCUT2D eigenvalue weighted by atomic mass is 9.87. The molecular weight excluding hydrogens is 400 g/mol. The molecule has 0 radical (unpaired) electrons. The van der Waals surface area contributed by atoms with Crippen molar-refractivity contribution < 1.29 is 5.11 Å². The van der Waals surface area contributed by atoms with Crippen LogP contribution < -0.4 is 0 Å². The van der Waals surface area contributed by atoms with E-state index in [-0.39, 0.29) is 6.61 Å². The number of aliphatic hydroxyl groups is 1. The third kappa shape index (κ3) is 3.56. The van der Waals surface area contributed by atoms with E-state index in [4.69, 9.17) is 6.57 Å². The number of benzene rings is 1. The highest BCUT2D eigenvalue weighted by Gasteiger charge is 2.24. The highest BCUT2D eigenvalue weighted by Crippen LogP contribution is 2.39. The van der Waals surface area contributed by atoms with Crippen molar-refractivity contribution in [3.63, 3.8) is 0 Å². The van der Waals surface area contributed by atoms with Crippen molar-refractivity contribution >= 4 is 16.6 Å². The Balaban J connectivity index is 1.58. The first-order valence-electron chi connectivity index (χ1n) is 11.2. The number of rotatable bonds is 5. The van der Waals surface area contributed by atoms with Crippen LogP contribution in [-0.4, -0.2) is 49.3 Å². The first-order chi connectivity index (χ1) is 15.6. The van der Waals surface area contributed by atoms with E-state index in [1.54, 1.807) is 4.52 Å². The average Bonchev–Trinajstić information content (AvgIpc) is 3.42. The summed E-state index contributed by atoms with van der Waals surface area (Å²) >= 11 is 0. The van der Waals surface area contributed by atoms with Gasteiger partial charge < -0.3 is 10.1 Å². The van der Waals surface area contributed by atoms with Crippen LogP contribution in [0.4, 0.5) is 0 Å². The van der Waals surface area contributed by atoms with Gasteiger partial charge in [-0.05, 0) is 59.6 Å². The van der Waals surface area contributed by atoms with E-state index in [0.29, 0.717) is 18.5 Å². The number of hydrogen-bond acceptors (Lipinski definition) is 4. The van der Waals surface area contributed by atoms with Gasteiger partial charge in [0.2, 0.25) is 0 Å². The van der Waals surface area contributed by atoms with Crippen LogP contribution in [0.3, 0.4) is 0 Å². The molecule has 0 bridgehead atoms. The zero-order chi connectivity index (χ0) is 22.2. The molecule has 2 N–H and O–H groups in total. The predicted octanol–water partition coefficient (Wildman–Crippen LogP) is 4.55. The minimum Gasteiger partial charge on any atom is -0.392 e. The van der Waals surface area contributed by atoms with Gasteiger partial charge in [0, 0.05) is 35.8 Å². The third-order valence-electron chi connectivity index (χ3n) is 6.71. The maximum absolute atomic E-state index is 10.1. The molecule has 0 aliphatic carbocycles. The fourth-order valence-corrected chi connectivity index (χ4v) is 5.06. The van der Waals surface area contributed by atoms with E-state index in [9.17, 15) is 5.11 Å². The molecule has 5 rings (SSSR count). The van der Waals surface area contributed by atoms with Crippen LogP contribution in [0.5, 0.6) is 0 Å². The standard InChI is InChI=1S/C25H28N6O/c1-16(2)24-20-10-18(17-6-8-30(9-7-17)15-26-3)4-5-22(20)29-25(24)21-12-31-23(27-14-28-31)11-19(21)13-32/h4-5,10-12,14,16-17,29,32H,6-9,13,15H2,1-2H3. The zero-order valence-corrected chi connectivity index (χ0v) is 18.5. The normalized spacial score (nSPS) is 15.7. The van der Waals surface area contributed by atoms with Gasteiger partial charge in [-0.15, -0.1) is 0 Å². The van der Waals surface area contributed by atoms with Crippen LogP contribution in [0.25, 0.3) is 32.7 Å². The monoisotopic (exact) mass is 428 g/mol. The van der Waals surface area contributed by atoms with Gasteiger partial charge in [0.05, 0.1) is 12.3 Å². The molecule has 0 atom stereocenters. The van der Waals surface area contributed by atoms with E-state index in [1.165, 1.54) is 22.8 Å². The number of pyridine rings is 1. The van der Waals surface area contributed by atoms with Gasteiger partial charge in [-0.3, -0.25) is 4.85 Å². The Labute approximate surface area is 187 Å². The largest absolute Gasteiger partial charge is 0.392 e. The number of nitrogens with one attached hydrogen (secondary N) is 1. The Hall–Kier alpha value is -3.21. The van der Waals surface area contributed by atoms with Crippen molar-refractivity contribution in [2.75, 3.05) is 19.8 Å². The van der Waals surface area contributed by atoms with Gasteiger partial charge in [0.1, 0.15) is 6.33 Å². The number of aromatic nitrogens is 4. The second-order valence-corrected chi connectivity index (χ2v) is 9.00. The highest BCUT2D eigenvalue weighted by molar-refractivity contribution is 5.92. The molecule has 1 fully saturated rings. The summed E-state index contributed by atoms with van der Waals surface area (Å²) in [7, 11) is 0. The summed E-state index contributed by atoms with van der Waals surface area (Å²) in [5, 5.41) is 15.6. The van der Waals surface area contributed by atoms with E-state index < -0.39 is 0 Å². The number of piperidine rings is 1. The summed E-state index contributed by atoms with van der Waals surface area (Å²) in [6.45, 7) is 14.0. The van der Waals surface area contributed by atoms with Crippen LogP contribution in [-0.2, 0) is 6.61 Å². The number of nitrogens with zero attached hydrogens (tertiary/aromatic N) is 5. The Morgan fingerprint density at radius 2 is 2.06 bits per heavy atom. The van der Waals surface area contributed by atoms with Crippen molar-refractivity contribution in [1.29, 1.82) is 0 Å². The summed E-state index contributed by atoms with van der Waals surface area (Å²) in [4.78, 5) is 13.7. The molecule has 32 heavy (non-hydrogen) atoms. The summed E-state index contributed by atoms with van der Waals surface area (Å²) in [5.74, 6) is 0.840. The van der Waals surface area contributed by atoms with E-state index >= 15 is 0 Å². The van der Waals surface area contributed by atoms with Crippen LogP contribution in [0.2, 0.25) is 0 Å². The Kier molecular flexibility index (Phi) is 5.41. The fraction of sp³-hybridized carbons (Fsp3) is 0.400. The molecule has 0 amide bonds. The molecule has 7 nitrogen and oxygen atoms in total. The molecule has 0 unspecified atom stereocenters. The maximum atomic E-state index is 10.1. The molecule has 1 aromatic carbocycles. The molecule has 7 heteroatoms. The second-order valence-electron chi connectivity index (χ2n) is 9.00. The van der Waals surface area contributed by atoms with Gasteiger partial charge in [-0.25, -0.2) is 21.0 Å². The quantitative estimate of drug-likeness (QED) is 0.458. The van der Waals surface area contributed by atoms with E-state index in [0.717, 1.165) is 53.9 Å². The first kappa shape index (κ1) is 20.7. The molecule has 4 heterocycles. The van der Waals surface area contributed by atoms with Crippen molar-refractivity contribution in [3.8, 4) is 11.3 Å². The molecule has 1 aliphatic rings. The lowest BCUT2D eigenvalue weighted by Gasteiger charge is -2.28. The number of likely N-dealkylation sites (tertiary alicyclic amines) is 1. The minimum atomic E-state index is -0.0555. The van der Waals surface area contributed by atoms with Crippen molar-refractivity contribution in [1.82, 2.24) is 24.5 Å². The predicted molar refractivity (Wildman–Crippen MR) is 125 cm³/mol. The SMILES string of the molecule is [C-]#[N+]CN1CCC(c2ccc3[nH]c(-c4cn5ncnc5cc4CO)c(C(C)C)c3c2)CC1.